The second-order valence-corrected chi connectivity index (χ2v) is 10.8. The van der Waals surface area contributed by atoms with Gasteiger partial charge in [-0.3, -0.25) is 10.1 Å². The van der Waals surface area contributed by atoms with Gasteiger partial charge in [0.2, 0.25) is 10.0 Å². The first-order chi connectivity index (χ1) is 16.3. The summed E-state index contributed by atoms with van der Waals surface area (Å²) in [5.41, 5.74) is 3.03. The highest BCUT2D eigenvalue weighted by molar-refractivity contribution is 7.89. The van der Waals surface area contributed by atoms with Crippen molar-refractivity contribution >= 4 is 32.4 Å². The molecule has 4 aromatic rings. The van der Waals surface area contributed by atoms with Crippen molar-refractivity contribution in [2.75, 3.05) is 5.32 Å². The summed E-state index contributed by atoms with van der Waals surface area (Å²) >= 11 is 1.34. The number of anilines is 1. The van der Waals surface area contributed by atoms with Gasteiger partial charge < -0.3 is 0 Å². The lowest BCUT2D eigenvalue weighted by Crippen LogP contribution is -2.36. The minimum atomic E-state index is -3.74. The predicted octanol–water partition coefficient (Wildman–Crippen LogP) is 5.66. The van der Waals surface area contributed by atoms with E-state index in [-0.39, 0.29) is 23.4 Å². The molecule has 0 aliphatic heterocycles. The second-order valence-electron chi connectivity index (χ2n) is 8.01. The number of benzene rings is 3. The van der Waals surface area contributed by atoms with Crippen LogP contribution < -0.4 is 5.32 Å². The van der Waals surface area contributed by atoms with Gasteiger partial charge in [-0.2, -0.15) is 4.31 Å². The van der Waals surface area contributed by atoms with E-state index in [4.69, 9.17) is 0 Å². The predicted molar refractivity (Wildman–Crippen MR) is 136 cm³/mol. The summed E-state index contributed by atoms with van der Waals surface area (Å²) in [6.07, 6.45) is 0. The van der Waals surface area contributed by atoms with E-state index >= 15 is 0 Å². The van der Waals surface area contributed by atoms with Crippen LogP contribution in [0.15, 0.2) is 95.2 Å². The molecule has 0 radical (unpaired) electrons. The van der Waals surface area contributed by atoms with Crippen molar-refractivity contribution < 1.29 is 13.2 Å². The van der Waals surface area contributed by atoms with Crippen LogP contribution in [0.5, 0.6) is 0 Å². The van der Waals surface area contributed by atoms with Gasteiger partial charge in [-0.25, -0.2) is 13.4 Å². The fourth-order valence-corrected chi connectivity index (χ4v) is 5.80. The van der Waals surface area contributed by atoms with Crippen molar-refractivity contribution in [1.29, 1.82) is 0 Å². The molecule has 0 fully saturated rings. The average molecular weight is 492 g/mol. The molecular weight excluding hydrogens is 466 g/mol. The van der Waals surface area contributed by atoms with Gasteiger partial charge in [-0.1, -0.05) is 60.7 Å². The topological polar surface area (TPSA) is 79.4 Å². The molecule has 0 unspecified atom stereocenters. The van der Waals surface area contributed by atoms with Gasteiger partial charge in [0.05, 0.1) is 10.6 Å². The lowest BCUT2D eigenvalue weighted by Gasteiger charge is -2.26. The number of thiazole rings is 1. The second kappa shape index (κ2) is 10.3. The molecule has 1 amide bonds. The molecule has 0 aliphatic rings. The Bertz CT molecular complexity index is 1350. The smallest absolute Gasteiger partial charge is 0.257 e. The van der Waals surface area contributed by atoms with Crippen LogP contribution in [-0.4, -0.2) is 29.7 Å². The van der Waals surface area contributed by atoms with Gasteiger partial charge in [-0.15, -0.1) is 11.3 Å². The zero-order valence-electron chi connectivity index (χ0n) is 18.9. The third-order valence-corrected chi connectivity index (χ3v) is 8.07. The first-order valence-corrected chi connectivity index (χ1v) is 13.1. The van der Waals surface area contributed by atoms with E-state index in [1.54, 1.807) is 0 Å². The molecular formula is C26H25N3O3S2. The number of amides is 1. The molecule has 0 spiro atoms. The Morgan fingerprint density at radius 3 is 2.18 bits per heavy atom. The van der Waals surface area contributed by atoms with Gasteiger partial charge in [0.15, 0.2) is 5.13 Å². The van der Waals surface area contributed by atoms with Crippen molar-refractivity contribution in [3.63, 3.8) is 0 Å². The summed E-state index contributed by atoms with van der Waals surface area (Å²) < 4.78 is 28.1. The quantitative estimate of drug-likeness (QED) is 0.345. The van der Waals surface area contributed by atoms with Crippen molar-refractivity contribution in [2.24, 2.45) is 0 Å². The zero-order valence-corrected chi connectivity index (χ0v) is 20.5. The van der Waals surface area contributed by atoms with E-state index in [2.05, 4.69) is 10.3 Å². The van der Waals surface area contributed by atoms with Crippen LogP contribution >= 0.6 is 11.3 Å². The largest absolute Gasteiger partial charge is 0.298 e. The number of rotatable bonds is 8. The minimum absolute atomic E-state index is 0.147. The maximum atomic E-state index is 13.3. The van der Waals surface area contributed by atoms with E-state index < -0.39 is 10.0 Å². The number of hydrogen-bond donors (Lipinski definition) is 1. The monoisotopic (exact) mass is 491 g/mol. The standard InChI is InChI=1S/C26H25N3O3S2/c1-19(2)29(17-20-9-5-3-6-10-20)34(31,32)23-15-13-22(14-16-23)25(30)28-26-27-24(18-33-26)21-11-7-4-8-12-21/h3-16,18-19H,17H2,1-2H3,(H,27,28,30). The maximum absolute atomic E-state index is 13.3. The Kier molecular flexibility index (Phi) is 7.21. The number of nitrogens with zero attached hydrogens (tertiary/aromatic N) is 2. The average Bonchev–Trinajstić information content (AvgIpc) is 3.32. The van der Waals surface area contributed by atoms with Gasteiger partial charge in [0.1, 0.15) is 0 Å². The fourth-order valence-electron chi connectivity index (χ4n) is 3.46. The Labute approximate surface area is 204 Å². The molecule has 1 aromatic heterocycles. The van der Waals surface area contributed by atoms with Crippen LogP contribution in [0.3, 0.4) is 0 Å². The molecule has 6 nitrogen and oxygen atoms in total. The van der Waals surface area contributed by atoms with E-state index in [9.17, 15) is 13.2 Å². The summed E-state index contributed by atoms with van der Waals surface area (Å²) in [6.45, 7) is 3.97. The van der Waals surface area contributed by atoms with Crippen molar-refractivity contribution in [3.05, 3.63) is 101 Å². The Balaban J connectivity index is 1.48. The van der Waals surface area contributed by atoms with Crippen LogP contribution in [-0.2, 0) is 16.6 Å². The zero-order chi connectivity index (χ0) is 24.1. The van der Waals surface area contributed by atoms with Crippen LogP contribution in [0.4, 0.5) is 5.13 Å². The van der Waals surface area contributed by atoms with Crippen LogP contribution in [0, 0.1) is 0 Å². The first kappa shape index (κ1) is 23.8. The van der Waals surface area contributed by atoms with E-state index in [1.807, 2.05) is 79.9 Å². The molecule has 0 aliphatic carbocycles. The molecule has 0 bridgehead atoms. The van der Waals surface area contributed by atoms with Gasteiger partial charge in [0.25, 0.3) is 5.91 Å². The van der Waals surface area contributed by atoms with E-state index in [0.717, 1.165) is 16.8 Å². The molecule has 0 saturated carbocycles. The summed E-state index contributed by atoms with van der Waals surface area (Å²) in [4.78, 5) is 17.3. The van der Waals surface area contributed by atoms with Crippen LogP contribution in [0.2, 0.25) is 0 Å². The molecule has 174 valence electrons. The van der Waals surface area contributed by atoms with Crippen molar-refractivity contribution in [1.82, 2.24) is 9.29 Å². The number of carbonyl (C=O) groups is 1. The van der Waals surface area contributed by atoms with Gasteiger partial charge >= 0.3 is 0 Å². The highest BCUT2D eigenvalue weighted by Crippen LogP contribution is 2.26. The third kappa shape index (κ3) is 5.41. The molecule has 4 rings (SSSR count). The molecule has 34 heavy (non-hydrogen) atoms. The van der Waals surface area contributed by atoms with Gasteiger partial charge in [-0.05, 0) is 43.7 Å². The first-order valence-electron chi connectivity index (χ1n) is 10.8. The maximum Gasteiger partial charge on any atom is 0.257 e. The normalized spacial score (nSPS) is 11.6. The lowest BCUT2D eigenvalue weighted by atomic mass is 10.2. The van der Waals surface area contributed by atoms with E-state index in [1.165, 1.54) is 39.9 Å². The molecule has 0 atom stereocenters. The van der Waals surface area contributed by atoms with Gasteiger partial charge in [0, 0.05) is 29.1 Å². The number of sulfonamides is 1. The van der Waals surface area contributed by atoms with Crippen LogP contribution in [0.25, 0.3) is 11.3 Å². The number of nitrogens with one attached hydrogen (secondary N) is 1. The third-order valence-electron chi connectivity index (χ3n) is 5.27. The SMILES string of the molecule is CC(C)N(Cc1ccccc1)S(=O)(=O)c1ccc(C(=O)Nc2nc(-c3ccccc3)cs2)cc1. The Hall–Kier alpha value is -3.33. The summed E-state index contributed by atoms with van der Waals surface area (Å²) in [6, 6.07) is 25.0. The molecule has 0 saturated heterocycles. The molecule has 1 heterocycles. The number of hydrogen-bond acceptors (Lipinski definition) is 5. The Morgan fingerprint density at radius 1 is 0.941 bits per heavy atom. The summed E-state index contributed by atoms with van der Waals surface area (Å²) in [7, 11) is -3.74. The molecule has 3 aromatic carbocycles. The highest BCUT2D eigenvalue weighted by Gasteiger charge is 2.27. The lowest BCUT2D eigenvalue weighted by molar-refractivity contribution is 0.102. The minimum Gasteiger partial charge on any atom is -0.298 e. The molecule has 1 N–H and O–H groups in total. The van der Waals surface area contributed by atoms with Crippen molar-refractivity contribution in [2.45, 2.75) is 31.3 Å². The summed E-state index contributed by atoms with van der Waals surface area (Å²) in [5, 5.41) is 5.15. The summed E-state index contributed by atoms with van der Waals surface area (Å²) in [5.74, 6) is -0.345. The number of aromatic nitrogens is 1. The van der Waals surface area contributed by atoms with Crippen LogP contribution in [0.1, 0.15) is 29.8 Å². The Morgan fingerprint density at radius 2 is 1.56 bits per heavy atom. The van der Waals surface area contributed by atoms with Crippen molar-refractivity contribution in [3.8, 4) is 11.3 Å². The number of carbonyl (C=O) groups excluding carboxylic acids is 1. The molecule has 8 heteroatoms. The van der Waals surface area contributed by atoms with E-state index in [0.29, 0.717) is 10.7 Å². The fraction of sp³-hybridized carbons (Fsp3) is 0.154. The highest BCUT2D eigenvalue weighted by atomic mass is 32.2.